The summed E-state index contributed by atoms with van der Waals surface area (Å²) in [4.78, 5) is 16.3. The van der Waals surface area contributed by atoms with Gasteiger partial charge in [-0.25, -0.2) is 4.98 Å². The van der Waals surface area contributed by atoms with Gasteiger partial charge in [-0.15, -0.1) is 0 Å². The maximum Gasteiger partial charge on any atom is 0.276 e. The Labute approximate surface area is 176 Å². The topological polar surface area (TPSA) is 55.1 Å². The summed E-state index contributed by atoms with van der Waals surface area (Å²) in [7, 11) is 0. The molecule has 4 nitrogen and oxygen atoms in total. The molecule has 0 radical (unpaired) electrons. The second-order valence-corrected chi connectivity index (χ2v) is 8.38. The molecule has 0 atom stereocenters. The van der Waals surface area contributed by atoms with Crippen LogP contribution in [-0.4, -0.2) is 14.7 Å². The highest BCUT2D eigenvalue weighted by atomic mass is 35.6. The van der Waals surface area contributed by atoms with Crippen molar-refractivity contribution in [3.8, 4) is 22.6 Å². The zero-order valence-electron chi connectivity index (χ0n) is 14.3. The van der Waals surface area contributed by atoms with Gasteiger partial charge >= 0.3 is 0 Å². The van der Waals surface area contributed by atoms with E-state index >= 15 is 0 Å². The van der Waals surface area contributed by atoms with E-state index in [9.17, 15) is 4.79 Å². The molecule has 1 N–H and O–H groups in total. The van der Waals surface area contributed by atoms with Crippen LogP contribution in [0.3, 0.4) is 0 Å². The van der Waals surface area contributed by atoms with Gasteiger partial charge in [-0.1, -0.05) is 77.3 Å². The molecule has 0 saturated heterocycles. The number of aromatic nitrogens is 1. The number of amides is 1. The molecule has 140 valence electrons. The van der Waals surface area contributed by atoms with Crippen LogP contribution in [0.15, 0.2) is 77.2 Å². The summed E-state index contributed by atoms with van der Waals surface area (Å²) in [5, 5.41) is 2.53. The maximum absolute atomic E-state index is 11.8. The van der Waals surface area contributed by atoms with Crippen molar-refractivity contribution in [1.82, 2.24) is 4.98 Å². The molecule has 0 saturated carbocycles. The van der Waals surface area contributed by atoms with Crippen LogP contribution < -0.4 is 5.32 Å². The zero-order valence-corrected chi connectivity index (χ0v) is 16.6. The Bertz CT molecular complexity index is 1130. The Hall–Kier alpha value is -2.53. The summed E-state index contributed by atoms with van der Waals surface area (Å²) in [5.41, 5.74) is 4.74. The second kappa shape index (κ2) is 7.47. The van der Waals surface area contributed by atoms with Gasteiger partial charge in [-0.3, -0.25) is 4.79 Å². The van der Waals surface area contributed by atoms with E-state index in [1.165, 1.54) is 0 Å². The number of carbonyl (C=O) groups is 1. The van der Waals surface area contributed by atoms with Crippen LogP contribution in [0, 0.1) is 0 Å². The predicted octanol–water partition coefficient (Wildman–Crippen LogP) is 6.47. The predicted molar refractivity (Wildman–Crippen MR) is 114 cm³/mol. The van der Waals surface area contributed by atoms with Gasteiger partial charge in [0.05, 0.1) is 0 Å². The summed E-state index contributed by atoms with van der Waals surface area (Å²) in [6, 6.07) is 23.1. The number of oxazole rings is 1. The number of carbonyl (C=O) groups excluding carboxylic acids is 1. The number of alkyl halides is 3. The molecule has 0 aliphatic carbocycles. The lowest BCUT2D eigenvalue weighted by molar-refractivity contribution is -0.115. The number of rotatable bonds is 3. The third kappa shape index (κ3) is 3.99. The van der Waals surface area contributed by atoms with E-state index in [1.54, 1.807) is 18.2 Å². The van der Waals surface area contributed by atoms with Crippen LogP contribution in [0.25, 0.3) is 33.7 Å². The van der Waals surface area contributed by atoms with E-state index in [0.717, 1.165) is 16.7 Å². The molecule has 4 aromatic rings. The van der Waals surface area contributed by atoms with Gasteiger partial charge in [-0.05, 0) is 41.5 Å². The molecule has 0 unspecified atom stereocenters. The Morgan fingerprint density at radius 2 is 1.50 bits per heavy atom. The normalized spacial score (nSPS) is 11.5. The molecule has 0 bridgehead atoms. The number of benzene rings is 3. The molecule has 28 heavy (non-hydrogen) atoms. The summed E-state index contributed by atoms with van der Waals surface area (Å²) < 4.78 is 3.79. The van der Waals surface area contributed by atoms with Gasteiger partial charge in [0.2, 0.25) is 5.89 Å². The first-order valence-electron chi connectivity index (χ1n) is 8.35. The standard InChI is InChI=1S/C21H13Cl3N2O2/c22-21(23,24)20(27)25-16-10-11-18-17(12-16)26-19(28-18)15-8-6-14(7-9-15)13-4-2-1-3-5-13/h1-12H,(H,25,27). The van der Waals surface area contributed by atoms with Crippen LogP contribution in [0.1, 0.15) is 0 Å². The van der Waals surface area contributed by atoms with Crippen molar-refractivity contribution in [3.05, 3.63) is 72.8 Å². The van der Waals surface area contributed by atoms with E-state index in [0.29, 0.717) is 22.7 Å². The number of nitrogens with zero attached hydrogens (tertiary/aromatic N) is 1. The largest absolute Gasteiger partial charge is 0.436 e. The molecule has 3 aromatic carbocycles. The SMILES string of the molecule is O=C(Nc1ccc2oc(-c3ccc(-c4ccccc4)cc3)nc2c1)C(Cl)(Cl)Cl. The van der Waals surface area contributed by atoms with Crippen molar-refractivity contribution in [2.75, 3.05) is 5.32 Å². The fraction of sp³-hybridized carbons (Fsp3) is 0.0476. The minimum atomic E-state index is -2.04. The van der Waals surface area contributed by atoms with Gasteiger partial charge < -0.3 is 9.73 Å². The fourth-order valence-corrected chi connectivity index (χ4v) is 2.91. The molecule has 4 rings (SSSR count). The summed E-state index contributed by atoms with van der Waals surface area (Å²) in [6.45, 7) is 0. The maximum atomic E-state index is 11.8. The first kappa shape index (κ1) is 18.8. The minimum absolute atomic E-state index is 0.461. The molecular formula is C21H13Cl3N2O2. The van der Waals surface area contributed by atoms with Crippen molar-refractivity contribution in [1.29, 1.82) is 0 Å². The molecule has 0 spiro atoms. The van der Waals surface area contributed by atoms with Crippen molar-refractivity contribution in [3.63, 3.8) is 0 Å². The highest BCUT2D eigenvalue weighted by Crippen LogP contribution is 2.30. The van der Waals surface area contributed by atoms with Crippen LogP contribution in [0.2, 0.25) is 0 Å². The lowest BCUT2D eigenvalue weighted by Crippen LogP contribution is -2.26. The minimum Gasteiger partial charge on any atom is -0.436 e. The average Bonchev–Trinajstić information content (AvgIpc) is 3.11. The van der Waals surface area contributed by atoms with Crippen LogP contribution in [0.4, 0.5) is 5.69 Å². The number of halogens is 3. The number of anilines is 1. The Kier molecular flexibility index (Phi) is 5.02. The number of nitrogens with one attached hydrogen (secondary N) is 1. The van der Waals surface area contributed by atoms with Gasteiger partial charge in [0.25, 0.3) is 9.70 Å². The van der Waals surface area contributed by atoms with Crippen LogP contribution >= 0.6 is 34.8 Å². The average molecular weight is 432 g/mol. The monoisotopic (exact) mass is 430 g/mol. The van der Waals surface area contributed by atoms with Crippen molar-refractivity contribution in [2.45, 2.75) is 3.79 Å². The first-order valence-corrected chi connectivity index (χ1v) is 9.48. The third-order valence-electron chi connectivity index (χ3n) is 4.14. The smallest absolute Gasteiger partial charge is 0.276 e. The number of fused-ring (bicyclic) bond motifs is 1. The van der Waals surface area contributed by atoms with E-state index < -0.39 is 9.70 Å². The molecular weight excluding hydrogens is 419 g/mol. The lowest BCUT2D eigenvalue weighted by atomic mass is 10.0. The lowest BCUT2D eigenvalue weighted by Gasteiger charge is -2.10. The molecule has 0 aliphatic rings. The van der Waals surface area contributed by atoms with Crippen molar-refractivity contribution >= 4 is 57.5 Å². The molecule has 0 aliphatic heterocycles. The van der Waals surface area contributed by atoms with Gasteiger partial charge in [0.1, 0.15) is 5.52 Å². The van der Waals surface area contributed by atoms with Crippen LogP contribution in [-0.2, 0) is 4.79 Å². The van der Waals surface area contributed by atoms with E-state index in [2.05, 4.69) is 22.4 Å². The highest BCUT2D eigenvalue weighted by Gasteiger charge is 2.30. The summed E-state index contributed by atoms with van der Waals surface area (Å²) in [6.07, 6.45) is 0. The Morgan fingerprint density at radius 1 is 0.857 bits per heavy atom. The molecule has 1 heterocycles. The quantitative estimate of drug-likeness (QED) is 0.378. The van der Waals surface area contributed by atoms with Crippen molar-refractivity contribution in [2.24, 2.45) is 0 Å². The van der Waals surface area contributed by atoms with Gasteiger partial charge in [0, 0.05) is 11.3 Å². The van der Waals surface area contributed by atoms with Gasteiger partial charge in [0.15, 0.2) is 5.58 Å². The first-order chi connectivity index (χ1) is 13.4. The fourth-order valence-electron chi connectivity index (χ4n) is 2.77. The summed E-state index contributed by atoms with van der Waals surface area (Å²) in [5.74, 6) is -0.253. The van der Waals surface area contributed by atoms with Crippen molar-refractivity contribution < 1.29 is 9.21 Å². The second-order valence-electron chi connectivity index (χ2n) is 6.10. The zero-order chi connectivity index (χ0) is 19.7. The van der Waals surface area contributed by atoms with Crippen LogP contribution in [0.5, 0.6) is 0 Å². The van der Waals surface area contributed by atoms with E-state index in [1.807, 2.05) is 42.5 Å². The number of hydrogen-bond donors (Lipinski definition) is 1. The molecule has 0 fully saturated rings. The Morgan fingerprint density at radius 3 is 2.18 bits per heavy atom. The van der Waals surface area contributed by atoms with E-state index in [4.69, 9.17) is 39.2 Å². The third-order valence-corrected chi connectivity index (χ3v) is 4.66. The van der Waals surface area contributed by atoms with Gasteiger partial charge in [-0.2, -0.15) is 0 Å². The van der Waals surface area contributed by atoms with E-state index in [-0.39, 0.29) is 0 Å². The Balaban J connectivity index is 1.60. The summed E-state index contributed by atoms with van der Waals surface area (Å²) >= 11 is 16.7. The molecule has 1 aromatic heterocycles. The number of hydrogen-bond acceptors (Lipinski definition) is 3. The molecule has 7 heteroatoms. The molecule has 1 amide bonds. The highest BCUT2D eigenvalue weighted by molar-refractivity contribution is 6.76.